The molecular formula is C8H12ClN3O. The van der Waals surface area contributed by atoms with Gasteiger partial charge in [0, 0.05) is 13.2 Å². The SMILES string of the molecule is COC[C@@H](C)Nc1cncc(Cl)n1. The Labute approximate surface area is 82.3 Å². The lowest BCUT2D eigenvalue weighted by Crippen LogP contribution is -2.21. The van der Waals surface area contributed by atoms with E-state index in [1.54, 1.807) is 13.3 Å². The van der Waals surface area contributed by atoms with E-state index in [1.165, 1.54) is 6.20 Å². The summed E-state index contributed by atoms with van der Waals surface area (Å²) in [5.74, 6) is 0.664. The van der Waals surface area contributed by atoms with Crippen molar-refractivity contribution in [1.82, 2.24) is 9.97 Å². The minimum absolute atomic E-state index is 0.192. The lowest BCUT2D eigenvalue weighted by Gasteiger charge is -2.12. The summed E-state index contributed by atoms with van der Waals surface area (Å²) in [5.41, 5.74) is 0. The summed E-state index contributed by atoms with van der Waals surface area (Å²) in [7, 11) is 1.65. The zero-order valence-corrected chi connectivity index (χ0v) is 8.38. The topological polar surface area (TPSA) is 47.0 Å². The average Bonchev–Trinajstić information content (AvgIpc) is 2.04. The molecule has 0 aliphatic rings. The number of halogens is 1. The van der Waals surface area contributed by atoms with Crippen molar-refractivity contribution in [2.24, 2.45) is 0 Å². The van der Waals surface area contributed by atoms with Gasteiger partial charge in [0.2, 0.25) is 0 Å². The monoisotopic (exact) mass is 201 g/mol. The maximum Gasteiger partial charge on any atom is 0.149 e. The summed E-state index contributed by atoms with van der Waals surface area (Å²) < 4.78 is 4.96. The lowest BCUT2D eigenvalue weighted by atomic mass is 10.3. The summed E-state index contributed by atoms with van der Waals surface area (Å²) in [6.07, 6.45) is 3.12. The Hall–Kier alpha value is -0.870. The smallest absolute Gasteiger partial charge is 0.149 e. The van der Waals surface area contributed by atoms with Crippen LogP contribution in [0.4, 0.5) is 5.82 Å². The zero-order valence-electron chi connectivity index (χ0n) is 7.62. The average molecular weight is 202 g/mol. The van der Waals surface area contributed by atoms with Crippen molar-refractivity contribution in [2.75, 3.05) is 19.0 Å². The fraction of sp³-hybridized carbons (Fsp3) is 0.500. The minimum atomic E-state index is 0.192. The molecule has 1 rings (SSSR count). The number of nitrogens with zero attached hydrogens (tertiary/aromatic N) is 2. The van der Waals surface area contributed by atoms with Crippen molar-refractivity contribution in [2.45, 2.75) is 13.0 Å². The molecule has 0 aromatic carbocycles. The number of anilines is 1. The number of ether oxygens (including phenoxy) is 1. The maximum absolute atomic E-state index is 5.66. The van der Waals surface area contributed by atoms with Gasteiger partial charge < -0.3 is 10.1 Å². The molecule has 0 bridgehead atoms. The number of nitrogens with one attached hydrogen (secondary N) is 1. The first kappa shape index (κ1) is 10.2. The molecule has 0 aliphatic heterocycles. The first-order valence-electron chi connectivity index (χ1n) is 3.95. The third kappa shape index (κ3) is 3.57. The van der Waals surface area contributed by atoms with Crippen LogP contribution >= 0.6 is 11.6 Å². The molecule has 0 saturated carbocycles. The van der Waals surface area contributed by atoms with E-state index in [0.717, 1.165) is 0 Å². The quantitative estimate of drug-likeness (QED) is 0.804. The van der Waals surface area contributed by atoms with E-state index in [0.29, 0.717) is 17.6 Å². The van der Waals surface area contributed by atoms with Crippen LogP contribution in [0.1, 0.15) is 6.92 Å². The van der Waals surface area contributed by atoms with Crippen LogP contribution in [0.3, 0.4) is 0 Å². The maximum atomic E-state index is 5.66. The third-order valence-corrected chi connectivity index (χ3v) is 1.60. The highest BCUT2D eigenvalue weighted by atomic mass is 35.5. The van der Waals surface area contributed by atoms with Crippen LogP contribution in [-0.4, -0.2) is 29.7 Å². The van der Waals surface area contributed by atoms with E-state index in [1.807, 2.05) is 6.92 Å². The Morgan fingerprint density at radius 2 is 2.38 bits per heavy atom. The molecule has 5 heteroatoms. The van der Waals surface area contributed by atoms with Crippen LogP contribution in [0, 0.1) is 0 Å². The van der Waals surface area contributed by atoms with Crippen LogP contribution in [0.15, 0.2) is 12.4 Å². The standard InChI is InChI=1S/C8H12ClN3O/c1-6(5-13-2)11-8-4-10-3-7(9)12-8/h3-4,6H,5H2,1-2H3,(H,11,12)/t6-/m1/s1. The Balaban J connectivity index is 2.53. The first-order chi connectivity index (χ1) is 6.22. The van der Waals surface area contributed by atoms with Crippen LogP contribution in [0.2, 0.25) is 5.15 Å². The molecule has 72 valence electrons. The van der Waals surface area contributed by atoms with Crippen molar-refractivity contribution < 1.29 is 4.74 Å². The molecule has 0 radical (unpaired) electrons. The summed E-state index contributed by atoms with van der Waals surface area (Å²) >= 11 is 5.66. The highest BCUT2D eigenvalue weighted by Crippen LogP contribution is 2.07. The van der Waals surface area contributed by atoms with Gasteiger partial charge in [0.05, 0.1) is 19.0 Å². The van der Waals surface area contributed by atoms with Crippen LogP contribution < -0.4 is 5.32 Å². The molecular weight excluding hydrogens is 190 g/mol. The Morgan fingerprint density at radius 1 is 1.62 bits per heavy atom. The first-order valence-corrected chi connectivity index (χ1v) is 4.33. The van der Waals surface area contributed by atoms with Crippen molar-refractivity contribution in [3.05, 3.63) is 17.5 Å². The number of hydrogen-bond donors (Lipinski definition) is 1. The van der Waals surface area contributed by atoms with E-state index in [2.05, 4.69) is 15.3 Å². The normalized spacial score (nSPS) is 12.5. The Kier molecular flexibility index (Phi) is 3.92. The Morgan fingerprint density at radius 3 is 3.00 bits per heavy atom. The van der Waals surface area contributed by atoms with E-state index in [9.17, 15) is 0 Å². The highest BCUT2D eigenvalue weighted by Gasteiger charge is 2.02. The van der Waals surface area contributed by atoms with Crippen LogP contribution in [-0.2, 0) is 4.74 Å². The van der Waals surface area contributed by atoms with Gasteiger partial charge in [-0.15, -0.1) is 0 Å². The van der Waals surface area contributed by atoms with Gasteiger partial charge in [-0.2, -0.15) is 0 Å². The van der Waals surface area contributed by atoms with Crippen LogP contribution in [0.5, 0.6) is 0 Å². The summed E-state index contributed by atoms with van der Waals surface area (Å²) in [5, 5.41) is 3.48. The number of hydrogen-bond acceptors (Lipinski definition) is 4. The second kappa shape index (κ2) is 4.99. The van der Waals surface area contributed by atoms with Gasteiger partial charge in [-0.3, -0.25) is 4.98 Å². The second-order valence-electron chi connectivity index (χ2n) is 2.73. The molecule has 0 aliphatic carbocycles. The van der Waals surface area contributed by atoms with Gasteiger partial charge in [-0.05, 0) is 6.92 Å². The van der Waals surface area contributed by atoms with Gasteiger partial charge in [-0.1, -0.05) is 11.6 Å². The van der Waals surface area contributed by atoms with E-state index in [4.69, 9.17) is 16.3 Å². The third-order valence-electron chi connectivity index (χ3n) is 1.42. The van der Waals surface area contributed by atoms with Gasteiger partial charge >= 0.3 is 0 Å². The summed E-state index contributed by atoms with van der Waals surface area (Å²) in [6, 6.07) is 0.192. The van der Waals surface area contributed by atoms with Gasteiger partial charge in [0.15, 0.2) is 0 Å². The largest absolute Gasteiger partial charge is 0.383 e. The minimum Gasteiger partial charge on any atom is -0.383 e. The molecule has 0 spiro atoms. The van der Waals surface area contributed by atoms with Gasteiger partial charge in [0.1, 0.15) is 11.0 Å². The fourth-order valence-corrected chi connectivity index (χ4v) is 1.10. The fourth-order valence-electron chi connectivity index (χ4n) is 0.956. The molecule has 0 saturated heterocycles. The second-order valence-corrected chi connectivity index (χ2v) is 3.12. The highest BCUT2D eigenvalue weighted by molar-refractivity contribution is 6.29. The number of methoxy groups -OCH3 is 1. The molecule has 13 heavy (non-hydrogen) atoms. The molecule has 0 unspecified atom stereocenters. The molecule has 1 aromatic heterocycles. The molecule has 1 atom stereocenters. The molecule has 0 fully saturated rings. The summed E-state index contributed by atoms with van der Waals surface area (Å²) in [4.78, 5) is 7.93. The van der Waals surface area contributed by atoms with E-state index >= 15 is 0 Å². The molecule has 0 amide bonds. The van der Waals surface area contributed by atoms with Crippen molar-refractivity contribution in [1.29, 1.82) is 0 Å². The Bertz CT molecular complexity index is 269. The van der Waals surface area contributed by atoms with Gasteiger partial charge in [0.25, 0.3) is 0 Å². The molecule has 4 nitrogen and oxygen atoms in total. The number of aromatic nitrogens is 2. The predicted octanol–water partition coefficient (Wildman–Crippen LogP) is 1.58. The number of rotatable bonds is 4. The van der Waals surface area contributed by atoms with Gasteiger partial charge in [-0.25, -0.2) is 4.98 Å². The zero-order chi connectivity index (χ0) is 9.68. The molecule has 1 aromatic rings. The molecule has 1 heterocycles. The van der Waals surface area contributed by atoms with Crippen molar-refractivity contribution in [3.8, 4) is 0 Å². The molecule has 1 N–H and O–H groups in total. The van der Waals surface area contributed by atoms with E-state index < -0.39 is 0 Å². The van der Waals surface area contributed by atoms with E-state index in [-0.39, 0.29) is 6.04 Å². The lowest BCUT2D eigenvalue weighted by molar-refractivity contribution is 0.190. The van der Waals surface area contributed by atoms with Crippen molar-refractivity contribution >= 4 is 17.4 Å². The van der Waals surface area contributed by atoms with Crippen LogP contribution in [0.25, 0.3) is 0 Å². The predicted molar refractivity (Wildman–Crippen MR) is 52.0 cm³/mol. The summed E-state index contributed by atoms with van der Waals surface area (Å²) in [6.45, 7) is 2.61. The van der Waals surface area contributed by atoms with Crippen molar-refractivity contribution in [3.63, 3.8) is 0 Å².